The molecule has 1 fully saturated rings. The van der Waals surface area contributed by atoms with Gasteiger partial charge in [-0.15, -0.1) is 0 Å². The van der Waals surface area contributed by atoms with Crippen molar-refractivity contribution in [3.8, 4) is 6.07 Å². The second-order valence-corrected chi connectivity index (χ2v) is 7.04. The van der Waals surface area contributed by atoms with Crippen LogP contribution in [0.15, 0.2) is 23.2 Å². The van der Waals surface area contributed by atoms with Crippen molar-refractivity contribution in [3.05, 3.63) is 24.0 Å². The molecule has 2 rings (SSSR count). The van der Waals surface area contributed by atoms with Crippen molar-refractivity contribution in [3.63, 3.8) is 0 Å². The number of piperidine rings is 1. The molecule has 1 aliphatic heterocycles. The quantitative estimate of drug-likeness (QED) is 0.875. The van der Waals surface area contributed by atoms with Crippen molar-refractivity contribution in [2.24, 2.45) is 5.92 Å². The van der Waals surface area contributed by atoms with E-state index in [1.165, 1.54) is 16.6 Å². The summed E-state index contributed by atoms with van der Waals surface area (Å²) < 4.78 is 26.9. The summed E-state index contributed by atoms with van der Waals surface area (Å²) in [6, 6.07) is 4.85. The summed E-state index contributed by atoms with van der Waals surface area (Å²) in [7, 11) is -3.67. The van der Waals surface area contributed by atoms with Crippen LogP contribution in [-0.4, -0.2) is 43.9 Å². The molecule has 1 N–H and O–H groups in total. The van der Waals surface area contributed by atoms with Crippen LogP contribution in [0.5, 0.6) is 0 Å². The fraction of sp³-hybridized carbons (Fsp3) is 0.571. The van der Waals surface area contributed by atoms with Gasteiger partial charge in [0, 0.05) is 19.3 Å². The second-order valence-electron chi connectivity index (χ2n) is 5.13. The molecule has 0 amide bonds. The molecule has 0 aromatic carbocycles. The maximum absolute atomic E-state index is 12.7. The zero-order valence-corrected chi connectivity index (χ0v) is 12.9. The molecule has 0 saturated carbocycles. The van der Waals surface area contributed by atoms with Crippen LogP contribution < -0.4 is 5.32 Å². The van der Waals surface area contributed by atoms with Crippen LogP contribution in [0.1, 0.15) is 25.5 Å². The molecule has 2 heterocycles. The Balaban J connectivity index is 2.25. The molecule has 1 aromatic heterocycles. The first-order valence-corrected chi connectivity index (χ1v) is 8.59. The van der Waals surface area contributed by atoms with E-state index in [0.717, 1.165) is 25.9 Å². The minimum absolute atomic E-state index is 0.00174. The van der Waals surface area contributed by atoms with Gasteiger partial charge in [-0.1, -0.05) is 6.92 Å². The van der Waals surface area contributed by atoms with E-state index in [1.807, 2.05) is 13.0 Å². The summed E-state index contributed by atoms with van der Waals surface area (Å²) in [5, 5.41) is 12.3. The number of hydrogen-bond donors (Lipinski definition) is 1. The third-order valence-electron chi connectivity index (χ3n) is 3.71. The van der Waals surface area contributed by atoms with Gasteiger partial charge in [0.2, 0.25) is 10.0 Å². The lowest BCUT2D eigenvalue weighted by Gasteiger charge is -2.29. The lowest BCUT2D eigenvalue weighted by atomic mass is 10.00. The van der Waals surface area contributed by atoms with Crippen LogP contribution in [0.25, 0.3) is 0 Å². The molecule has 1 atom stereocenters. The fourth-order valence-corrected chi connectivity index (χ4v) is 4.21. The van der Waals surface area contributed by atoms with Gasteiger partial charge in [-0.2, -0.15) is 9.57 Å². The van der Waals surface area contributed by atoms with E-state index in [-0.39, 0.29) is 10.6 Å². The van der Waals surface area contributed by atoms with Crippen LogP contribution in [-0.2, 0) is 10.0 Å². The normalized spacial score (nSPS) is 19.4. The summed E-state index contributed by atoms with van der Waals surface area (Å²) in [4.78, 5) is 3.85. The fourth-order valence-electron chi connectivity index (χ4n) is 2.59. The summed E-state index contributed by atoms with van der Waals surface area (Å²) >= 11 is 0. The zero-order chi connectivity index (χ0) is 15.3. The molecule has 0 bridgehead atoms. The van der Waals surface area contributed by atoms with Gasteiger partial charge in [0.25, 0.3) is 0 Å². The number of sulfonamides is 1. The Morgan fingerprint density at radius 2 is 2.38 bits per heavy atom. The molecule has 1 aliphatic rings. The monoisotopic (exact) mass is 308 g/mol. The Labute approximate surface area is 125 Å². The molecule has 6 nitrogen and oxygen atoms in total. The molecule has 1 aromatic rings. The minimum atomic E-state index is -3.67. The topological polar surface area (TPSA) is 86.1 Å². The Bertz CT molecular complexity index is 618. The number of nitrogens with one attached hydrogen (secondary N) is 1. The van der Waals surface area contributed by atoms with Crippen molar-refractivity contribution in [1.82, 2.24) is 14.6 Å². The summed E-state index contributed by atoms with van der Waals surface area (Å²) in [6.07, 6.45) is 3.52. The van der Waals surface area contributed by atoms with Crippen LogP contribution in [0, 0.1) is 17.2 Å². The van der Waals surface area contributed by atoms with Gasteiger partial charge in [0.05, 0.1) is 0 Å². The average molecular weight is 308 g/mol. The number of hydrogen-bond acceptors (Lipinski definition) is 5. The lowest BCUT2D eigenvalue weighted by Crippen LogP contribution is -2.41. The van der Waals surface area contributed by atoms with E-state index in [9.17, 15) is 8.42 Å². The van der Waals surface area contributed by atoms with Crippen molar-refractivity contribution in [1.29, 1.82) is 5.26 Å². The summed E-state index contributed by atoms with van der Waals surface area (Å²) in [5.41, 5.74) is -0.0438. The predicted molar refractivity (Wildman–Crippen MR) is 79.0 cm³/mol. The van der Waals surface area contributed by atoms with E-state index in [1.54, 1.807) is 6.07 Å². The first-order chi connectivity index (χ1) is 10.1. The number of nitrogens with zero attached hydrogens (tertiary/aromatic N) is 3. The van der Waals surface area contributed by atoms with Gasteiger partial charge in [-0.3, -0.25) is 0 Å². The lowest BCUT2D eigenvalue weighted by molar-refractivity contribution is 0.297. The molecule has 0 spiro atoms. The van der Waals surface area contributed by atoms with Gasteiger partial charge >= 0.3 is 0 Å². The average Bonchev–Trinajstić information content (AvgIpc) is 2.53. The third kappa shape index (κ3) is 3.59. The highest BCUT2D eigenvalue weighted by molar-refractivity contribution is 7.89. The van der Waals surface area contributed by atoms with Crippen LogP contribution in [0.4, 0.5) is 0 Å². The molecule has 1 unspecified atom stereocenters. The highest BCUT2D eigenvalue weighted by atomic mass is 32.2. The van der Waals surface area contributed by atoms with Crippen molar-refractivity contribution in [2.45, 2.75) is 24.7 Å². The van der Waals surface area contributed by atoms with E-state index in [4.69, 9.17) is 5.26 Å². The molecule has 1 saturated heterocycles. The van der Waals surface area contributed by atoms with Crippen LogP contribution in [0.2, 0.25) is 0 Å². The number of nitriles is 1. The maximum atomic E-state index is 12.7. The van der Waals surface area contributed by atoms with Crippen LogP contribution in [0.3, 0.4) is 0 Å². The smallest absolute Gasteiger partial charge is 0.245 e. The summed E-state index contributed by atoms with van der Waals surface area (Å²) in [5.74, 6) is 0.315. The first kappa shape index (κ1) is 15.9. The number of pyridine rings is 1. The van der Waals surface area contributed by atoms with Gasteiger partial charge in [0.15, 0.2) is 5.69 Å². The van der Waals surface area contributed by atoms with E-state index in [2.05, 4.69) is 10.3 Å². The number of rotatable bonds is 5. The van der Waals surface area contributed by atoms with Crippen LogP contribution >= 0.6 is 0 Å². The standard InChI is InChI=1S/C14H20N4O2S/c1-2-18(11-12-5-3-7-16-10-12)21(19,20)14-6-4-8-17-13(14)9-15/h4,6,8,12,16H,2-3,5,7,10-11H2,1H3. The molecule has 21 heavy (non-hydrogen) atoms. The molecule has 0 aliphatic carbocycles. The SMILES string of the molecule is CCN(CC1CCCNC1)S(=O)(=O)c1cccnc1C#N. The van der Waals surface area contributed by atoms with Crippen molar-refractivity contribution in [2.75, 3.05) is 26.2 Å². The van der Waals surface area contributed by atoms with Crippen molar-refractivity contribution < 1.29 is 8.42 Å². The highest BCUT2D eigenvalue weighted by Gasteiger charge is 2.29. The Morgan fingerprint density at radius 1 is 1.57 bits per heavy atom. The molecule has 0 radical (unpaired) electrons. The van der Waals surface area contributed by atoms with Gasteiger partial charge in [0.1, 0.15) is 11.0 Å². The zero-order valence-electron chi connectivity index (χ0n) is 12.1. The van der Waals surface area contributed by atoms with Gasteiger partial charge < -0.3 is 5.32 Å². The Hall–Kier alpha value is -1.49. The largest absolute Gasteiger partial charge is 0.316 e. The van der Waals surface area contributed by atoms with Gasteiger partial charge in [-0.25, -0.2) is 13.4 Å². The first-order valence-electron chi connectivity index (χ1n) is 7.15. The summed E-state index contributed by atoms with van der Waals surface area (Å²) in [6.45, 7) is 4.52. The van der Waals surface area contributed by atoms with Gasteiger partial charge in [-0.05, 0) is 44.0 Å². The molecular formula is C14H20N4O2S. The Morgan fingerprint density at radius 3 is 3.00 bits per heavy atom. The molecule has 7 heteroatoms. The van der Waals surface area contributed by atoms with E-state index < -0.39 is 10.0 Å². The highest BCUT2D eigenvalue weighted by Crippen LogP contribution is 2.21. The molecule has 114 valence electrons. The Kier molecular flexibility index (Phi) is 5.28. The van der Waals surface area contributed by atoms with E-state index >= 15 is 0 Å². The third-order valence-corrected chi connectivity index (χ3v) is 5.68. The number of aromatic nitrogens is 1. The van der Waals surface area contributed by atoms with E-state index in [0.29, 0.717) is 19.0 Å². The second kappa shape index (κ2) is 6.98. The van der Waals surface area contributed by atoms with Crippen molar-refractivity contribution >= 4 is 10.0 Å². The maximum Gasteiger partial charge on any atom is 0.245 e. The minimum Gasteiger partial charge on any atom is -0.316 e. The molecular weight excluding hydrogens is 288 g/mol. The predicted octanol–water partition coefficient (Wildman–Crippen LogP) is 0.963.